The van der Waals surface area contributed by atoms with Gasteiger partial charge in [-0.05, 0) is 6.42 Å². The Bertz CT molecular complexity index is 961. The molecule has 0 aromatic carbocycles. The topological polar surface area (TPSA) is 176 Å². The Labute approximate surface area is 164 Å². The average Bonchev–Trinajstić information content (AvgIpc) is 3.39. The van der Waals surface area contributed by atoms with E-state index in [1.165, 1.54) is 13.3 Å². The van der Waals surface area contributed by atoms with Crippen molar-refractivity contribution in [3.05, 3.63) is 33.1 Å². The summed E-state index contributed by atoms with van der Waals surface area (Å²) < 4.78 is 50.8. The number of phosphoric acid groups is 1. The molecule has 29 heavy (non-hydrogen) atoms. The van der Waals surface area contributed by atoms with Crippen LogP contribution in [0.15, 0.2) is 21.9 Å². The molecule has 8 atom stereocenters. The quantitative estimate of drug-likeness (QED) is 0.442. The molecular weight excluding hydrogens is 434 g/mol. The minimum atomic E-state index is -4.50. The van der Waals surface area contributed by atoms with Gasteiger partial charge in [-0.2, -0.15) is 0 Å². The Balaban J connectivity index is 1.97. The zero-order valence-corrected chi connectivity index (χ0v) is 17.5. The van der Waals surface area contributed by atoms with Crippen molar-refractivity contribution in [1.29, 1.82) is 0 Å². The van der Waals surface area contributed by atoms with Gasteiger partial charge >= 0.3 is 21.1 Å². The summed E-state index contributed by atoms with van der Waals surface area (Å²) in [7, 11) is -5.05. The first-order chi connectivity index (χ1) is 13.5. The summed E-state index contributed by atoms with van der Waals surface area (Å²) in [5.74, 6) is -0.561. The van der Waals surface area contributed by atoms with Crippen molar-refractivity contribution in [1.82, 2.24) is 9.55 Å². The molecule has 13 nitrogen and oxygen atoms in total. The van der Waals surface area contributed by atoms with E-state index >= 15 is 0 Å². The average molecular weight is 456 g/mol. The van der Waals surface area contributed by atoms with Crippen LogP contribution in [0.25, 0.3) is 0 Å². The number of methoxy groups -OCH3 is 1. The number of aromatic nitrogens is 2. The van der Waals surface area contributed by atoms with Crippen molar-refractivity contribution in [2.75, 3.05) is 21.3 Å². The normalized spacial score (nSPS) is 35.8. The Hall–Kier alpha value is -1.14. The second-order valence-corrected chi connectivity index (χ2v) is 10.3. The van der Waals surface area contributed by atoms with Crippen molar-refractivity contribution < 1.29 is 42.0 Å². The highest BCUT2D eigenvalue weighted by Gasteiger charge is 2.62. The zero-order valence-electron chi connectivity index (χ0n) is 15.7. The molecule has 6 unspecified atom stereocenters. The van der Waals surface area contributed by atoms with Crippen LogP contribution in [0.1, 0.15) is 12.6 Å². The van der Waals surface area contributed by atoms with Gasteiger partial charge in [-0.3, -0.25) is 28.0 Å². The van der Waals surface area contributed by atoms with E-state index in [0.29, 0.717) is 0 Å². The van der Waals surface area contributed by atoms with Crippen LogP contribution in [0.3, 0.4) is 0 Å². The molecule has 2 fully saturated rings. The SMILES string of the molecule is COC1C(OP(=O)(O)OC)[C@@H](C2CC2P(=O)(O)OC)O[C@H]1n1ccc(=O)[nH]c1=O. The molecule has 1 aliphatic carbocycles. The lowest BCUT2D eigenvalue weighted by molar-refractivity contribution is -0.0572. The lowest BCUT2D eigenvalue weighted by atomic mass is 10.1. The third-order valence-corrected chi connectivity index (χ3v) is 7.94. The van der Waals surface area contributed by atoms with Gasteiger partial charge in [0, 0.05) is 39.5 Å². The highest BCUT2D eigenvalue weighted by Crippen LogP contribution is 2.64. The van der Waals surface area contributed by atoms with E-state index in [9.17, 15) is 28.5 Å². The van der Waals surface area contributed by atoms with Crippen LogP contribution in [0.4, 0.5) is 0 Å². The number of nitrogens with one attached hydrogen (secondary N) is 1. The van der Waals surface area contributed by atoms with Crippen molar-refractivity contribution >= 4 is 15.4 Å². The highest BCUT2D eigenvalue weighted by atomic mass is 31.2. The van der Waals surface area contributed by atoms with Crippen LogP contribution in [0, 0.1) is 5.92 Å². The first-order valence-corrected chi connectivity index (χ1v) is 11.6. The van der Waals surface area contributed by atoms with E-state index in [-0.39, 0.29) is 6.42 Å². The van der Waals surface area contributed by atoms with Crippen LogP contribution >= 0.6 is 15.4 Å². The number of ether oxygens (including phenoxy) is 2. The number of aromatic amines is 1. The Morgan fingerprint density at radius 2 is 1.86 bits per heavy atom. The van der Waals surface area contributed by atoms with Crippen LogP contribution in [-0.4, -0.2) is 64.6 Å². The Morgan fingerprint density at radius 3 is 2.41 bits per heavy atom. The zero-order chi connectivity index (χ0) is 21.6. The second-order valence-electron chi connectivity index (χ2n) is 6.64. The van der Waals surface area contributed by atoms with Crippen LogP contribution in [0.5, 0.6) is 0 Å². The lowest BCUT2D eigenvalue weighted by Crippen LogP contribution is -2.39. The van der Waals surface area contributed by atoms with Crippen LogP contribution in [-0.2, 0) is 32.2 Å². The van der Waals surface area contributed by atoms with Gasteiger partial charge in [0.05, 0.1) is 11.8 Å². The first kappa shape index (κ1) is 22.5. The molecule has 164 valence electrons. The van der Waals surface area contributed by atoms with E-state index in [2.05, 4.69) is 14.0 Å². The van der Waals surface area contributed by atoms with E-state index in [1.807, 2.05) is 0 Å². The van der Waals surface area contributed by atoms with Gasteiger partial charge in [0.1, 0.15) is 12.2 Å². The molecule has 3 N–H and O–H groups in total. The molecule has 1 aliphatic heterocycles. The summed E-state index contributed by atoms with van der Waals surface area (Å²) in [5.41, 5.74) is -2.18. The maximum Gasteiger partial charge on any atom is 0.472 e. The summed E-state index contributed by atoms with van der Waals surface area (Å²) >= 11 is 0. The fourth-order valence-electron chi connectivity index (χ4n) is 3.49. The number of hydrogen-bond donors (Lipinski definition) is 3. The van der Waals surface area contributed by atoms with Crippen molar-refractivity contribution in [3.8, 4) is 0 Å². The largest absolute Gasteiger partial charge is 0.472 e. The Morgan fingerprint density at radius 1 is 1.17 bits per heavy atom. The minimum Gasteiger partial charge on any atom is -0.374 e. The monoisotopic (exact) mass is 456 g/mol. The fourth-order valence-corrected chi connectivity index (χ4v) is 5.56. The molecule has 2 heterocycles. The maximum atomic E-state index is 12.2. The van der Waals surface area contributed by atoms with Gasteiger partial charge in [-0.1, -0.05) is 0 Å². The predicted molar refractivity (Wildman–Crippen MR) is 96.5 cm³/mol. The van der Waals surface area contributed by atoms with E-state index in [4.69, 9.17) is 14.0 Å². The molecule has 0 bridgehead atoms. The standard InChI is InChI=1S/C14H22N2O11P2/c1-23-12-11(27-29(21,22)25-3)10(7-6-8(7)28(19,20)24-2)26-13(12)16-5-4-9(17)15-14(16)18/h4-5,7-8,10-13H,6H2,1-3H3,(H,19,20)(H,21,22)(H,15,17,18)/t7?,8?,10-,11?,12?,13-/m1/s1. The molecular formula is C14H22N2O11P2. The fraction of sp³-hybridized carbons (Fsp3) is 0.714. The molecule has 2 aliphatic rings. The smallest absolute Gasteiger partial charge is 0.374 e. The number of H-pyrrole nitrogens is 1. The van der Waals surface area contributed by atoms with Crippen molar-refractivity contribution in [2.45, 2.75) is 36.6 Å². The third kappa shape index (κ3) is 4.48. The number of hydrogen-bond acceptors (Lipinski definition) is 9. The summed E-state index contributed by atoms with van der Waals surface area (Å²) in [6, 6.07) is 1.10. The Kier molecular flexibility index (Phi) is 6.36. The molecule has 1 saturated heterocycles. The molecule has 0 amide bonds. The lowest BCUT2D eigenvalue weighted by Gasteiger charge is -2.25. The minimum absolute atomic E-state index is 0.235. The summed E-state index contributed by atoms with van der Waals surface area (Å²) in [4.78, 5) is 45.3. The van der Waals surface area contributed by atoms with Crippen LogP contribution < -0.4 is 11.2 Å². The molecule has 3 rings (SSSR count). The van der Waals surface area contributed by atoms with Crippen molar-refractivity contribution in [2.24, 2.45) is 5.92 Å². The summed E-state index contributed by atoms with van der Waals surface area (Å²) in [5, 5.41) is 0. The van der Waals surface area contributed by atoms with Gasteiger partial charge in [-0.15, -0.1) is 0 Å². The van der Waals surface area contributed by atoms with Crippen molar-refractivity contribution in [3.63, 3.8) is 0 Å². The van der Waals surface area contributed by atoms with Crippen LogP contribution in [0.2, 0.25) is 0 Å². The van der Waals surface area contributed by atoms with E-state index in [1.54, 1.807) is 0 Å². The van der Waals surface area contributed by atoms with Gasteiger partial charge in [0.25, 0.3) is 5.56 Å². The summed E-state index contributed by atoms with van der Waals surface area (Å²) in [6.07, 6.45) is -2.99. The number of phosphoric ester groups is 1. The molecule has 1 saturated carbocycles. The van der Waals surface area contributed by atoms with E-state index < -0.39 is 62.8 Å². The molecule has 0 spiro atoms. The maximum absolute atomic E-state index is 12.2. The third-order valence-electron chi connectivity index (χ3n) is 5.02. The predicted octanol–water partition coefficient (Wildman–Crippen LogP) is -0.199. The van der Waals surface area contributed by atoms with Gasteiger partial charge in [0.15, 0.2) is 6.23 Å². The molecule has 1 aromatic rings. The van der Waals surface area contributed by atoms with Gasteiger partial charge < -0.3 is 23.8 Å². The molecule has 0 radical (unpaired) electrons. The first-order valence-electron chi connectivity index (χ1n) is 8.49. The van der Waals surface area contributed by atoms with Gasteiger partial charge in [-0.25, -0.2) is 9.36 Å². The number of rotatable bonds is 8. The highest BCUT2D eigenvalue weighted by molar-refractivity contribution is 7.54. The molecule has 15 heteroatoms. The van der Waals surface area contributed by atoms with E-state index in [0.717, 1.165) is 24.9 Å². The van der Waals surface area contributed by atoms with Gasteiger partial charge in [0.2, 0.25) is 0 Å². The summed E-state index contributed by atoms with van der Waals surface area (Å²) in [6.45, 7) is 0. The number of nitrogens with zero attached hydrogens (tertiary/aromatic N) is 1. The molecule has 1 aromatic heterocycles. The second kappa shape index (κ2) is 8.18.